The molecule has 3 unspecified atom stereocenters. The predicted octanol–water partition coefficient (Wildman–Crippen LogP) is 1.38. The third kappa shape index (κ3) is 4.40. The Bertz CT molecular complexity index is 543. The van der Waals surface area contributed by atoms with Crippen molar-refractivity contribution in [3.05, 3.63) is 0 Å². The highest BCUT2D eigenvalue weighted by Gasteiger charge is 2.58. The van der Waals surface area contributed by atoms with E-state index >= 15 is 0 Å². The van der Waals surface area contributed by atoms with Gasteiger partial charge in [-0.3, -0.25) is 9.79 Å². The first-order chi connectivity index (χ1) is 13.0. The van der Waals surface area contributed by atoms with Crippen LogP contribution < -0.4 is 10.6 Å². The molecule has 0 aromatic rings. The molecule has 1 amide bonds. The quantitative estimate of drug-likeness (QED) is 0.557. The molecule has 3 fully saturated rings. The van der Waals surface area contributed by atoms with Crippen LogP contribution in [0.3, 0.4) is 0 Å². The maximum atomic E-state index is 12.0. The second-order valence-corrected chi connectivity index (χ2v) is 8.60. The monoisotopic (exact) mass is 380 g/mol. The van der Waals surface area contributed by atoms with E-state index in [0.717, 1.165) is 51.5 Å². The van der Waals surface area contributed by atoms with Gasteiger partial charge >= 0.3 is 0 Å². The Labute approximate surface area is 163 Å². The van der Waals surface area contributed by atoms with E-state index in [0.29, 0.717) is 24.1 Å². The topological polar surface area (TPSA) is 75.2 Å². The van der Waals surface area contributed by atoms with Crippen LogP contribution in [0.5, 0.6) is 0 Å². The number of guanidine groups is 1. The first-order valence-electron chi connectivity index (χ1n) is 10.4. The Kier molecular flexibility index (Phi) is 6.63. The van der Waals surface area contributed by atoms with Gasteiger partial charge in [-0.15, -0.1) is 0 Å². The van der Waals surface area contributed by atoms with Gasteiger partial charge in [-0.25, -0.2) is 0 Å². The molecule has 0 aromatic heterocycles. The minimum atomic E-state index is 0.0797. The van der Waals surface area contributed by atoms with Gasteiger partial charge in [-0.05, 0) is 32.6 Å². The van der Waals surface area contributed by atoms with Gasteiger partial charge in [0, 0.05) is 56.8 Å². The lowest BCUT2D eigenvalue weighted by atomic mass is 9.55. The third-order valence-electron chi connectivity index (χ3n) is 6.40. The van der Waals surface area contributed by atoms with E-state index in [2.05, 4.69) is 36.4 Å². The number of amides is 1. The highest BCUT2D eigenvalue weighted by atomic mass is 16.5. The van der Waals surface area contributed by atoms with Crippen molar-refractivity contribution in [3.8, 4) is 0 Å². The number of ether oxygens (including phenoxy) is 2. The first kappa shape index (κ1) is 20.4. The van der Waals surface area contributed by atoms with Crippen LogP contribution in [0.2, 0.25) is 0 Å². The SMILES string of the molecule is CCN=C(NC1CCN(C(=O)COC)CC1)NC1C2CCCOC2C1(C)C. The van der Waals surface area contributed by atoms with Crippen LogP contribution in [0.4, 0.5) is 0 Å². The van der Waals surface area contributed by atoms with Crippen LogP contribution in [-0.2, 0) is 14.3 Å². The van der Waals surface area contributed by atoms with E-state index < -0.39 is 0 Å². The number of nitrogens with zero attached hydrogens (tertiary/aromatic N) is 2. The molecule has 0 aromatic carbocycles. The summed E-state index contributed by atoms with van der Waals surface area (Å²) in [4.78, 5) is 18.5. The van der Waals surface area contributed by atoms with Gasteiger partial charge in [0.05, 0.1) is 6.10 Å². The molecule has 27 heavy (non-hydrogen) atoms. The van der Waals surface area contributed by atoms with Gasteiger partial charge in [0.15, 0.2) is 5.96 Å². The normalized spacial score (nSPS) is 31.0. The summed E-state index contributed by atoms with van der Waals surface area (Å²) >= 11 is 0. The highest BCUT2D eigenvalue weighted by molar-refractivity contribution is 5.81. The maximum absolute atomic E-state index is 12.0. The van der Waals surface area contributed by atoms with E-state index in [1.807, 2.05) is 4.90 Å². The number of nitrogens with one attached hydrogen (secondary N) is 2. The zero-order valence-corrected chi connectivity index (χ0v) is 17.3. The van der Waals surface area contributed by atoms with E-state index in [-0.39, 0.29) is 17.9 Å². The number of fused-ring (bicyclic) bond motifs is 1. The number of aliphatic imine (C=N–C) groups is 1. The highest BCUT2D eigenvalue weighted by Crippen LogP contribution is 2.51. The second-order valence-electron chi connectivity index (χ2n) is 8.60. The molecule has 0 radical (unpaired) electrons. The number of likely N-dealkylation sites (tertiary alicyclic amines) is 1. The van der Waals surface area contributed by atoms with Gasteiger partial charge in [0.2, 0.25) is 5.91 Å². The van der Waals surface area contributed by atoms with Crippen molar-refractivity contribution in [2.75, 3.05) is 40.0 Å². The summed E-state index contributed by atoms with van der Waals surface area (Å²) < 4.78 is 11.0. The van der Waals surface area contributed by atoms with Gasteiger partial charge in [-0.1, -0.05) is 13.8 Å². The zero-order chi connectivity index (χ0) is 19.4. The Balaban J connectivity index is 1.53. The summed E-state index contributed by atoms with van der Waals surface area (Å²) in [7, 11) is 1.56. The van der Waals surface area contributed by atoms with E-state index in [1.54, 1.807) is 7.11 Å². The molecule has 0 spiro atoms. The number of carbonyl (C=O) groups is 1. The molecular weight excluding hydrogens is 344 g/mol. The minimum absolute atomic E-state index is 0.0797. The molecule has 0 bridgehead atoms. The lowest BCUT2D eigenvalue weighted by molar-refractivity contribution is -0.188. The number of carbonyl (C=O) groups excluding carboxylic acids is 1. The smallest absolute Gasteiger partial charge is 0.248 e. The fraction of sp³-hybridized carbons (Fsp3) is 0.900. The third-order valence-corrected chi connectivity index (χ3v) is 6.40. The standard InChI is InChI=1S/C20H36N4O3/c1-5-21-19(22-14-8-10-24(11-9-14)16(25)13-26-4)23-17-15-7-6-12-27-18(15)20(17,2)3/h14-15,17-18H,5-13H2,1-4H3,(H2,21,22,23). The van der Waals surface area contributed by atoms with Crippen LogP contribution in [0.15, 0.2) is 4.99 Å². The summed E-state index contributed by atoms with van der Waals surface area (Å²) in [6, 6.07) is 0.736. The lowest BCUT2D eigenvalue weighted by Gasteiger charge is -2.60. The molecule has 7 nitrogen and oxygen atoms in total. The first-order valence-corrected chi connectivity index (χ1v) is 10.4. The van der Waals surface area contributed by atoms with Crippen LogP contribution in [-0.4, -0.2) is 74.9 Å². The Morgan fingerprint density at radius 2 is 2.00 bits per heavy atom. The molecule has 3 rings (SSSR count). The van der Waals surface area contributed by atoms with Crippen molar-refractivity contribution in [1.29, 1.82) is 0 Å². The van der Waals surface area contributed by atoms with Crippen molar-refractivity contribution < 1.29 is 14.3 Å². The average molecular weight is 381 g/mol. The molecule has 1 aliphatic carbocycles. The van der Waals surface area contributed by atoms with Crippen molar-refractivity contribution >= 4 is 11.9 Å². The van der Waals surface area contributed by atoms with Gasteiger partial charge < -0.3 is 25.0 Å². The summed E-state index contributed by atoms with van der Waals surface area (Å²) in [5, 5.41) is 7.31. The fourth-order valence-electron chi connectivity index (χ4n) is 4.94. The van der Waals surface area contributed by atoms with Crippen LogP contribution in [0.25, 0.3) is 0 Å². The number of rotatable bonds is 5. The van der Waals surface area contributed by atoms with E-state index in [9.17, 15) is 4.79 Å². The molecule has 3 aliphatic rings. The average Bonchev–Trinajstić information content (AvgIpc) is 2.67. The lowest BCUT2D eigenvalue weighted by Crippen LogP contribution is -2.71. The molecule has 1 saturated carbocycles. The van der Waals surface area contributed by atoms with Gasteiger partial charge in [0.1, 0.15) is 6.61 Å². The molecule has 7 heteroatoms. The van der Waals surface area contributed by atoms with Gasteiger partial charge in [0.25, 0.3) is 0 Å². The summed E-state index contributed by atoms with van der Waals surface area (Å²) in [5.74, 6) is 1.56. The molecule has 2 heterocycles. The Morgan fingerprint density at radius 3 is 2.67 bits per heavy atom. The fourth-order valence-corrected chi connectivity index (χ4v) is 4.94. The molecule has 2 saturated heterocycles. The number of hydrogen-bond acceptors (Lipinski definition) is 4. The van der Waals surface area contributed by atoms with Gasteiger partial charge in [-0.2, -0.15) is 0 Å². The molecule has 2 N–H and O–H groups in total. The van der Waals surface area contributed by atoms with Crippen LogP contribution >= 0.6 is 0 Å². The minimum Gasteiger partial charge on any atom is -0.377 e. The summed E-state index contributed by atoms with van der Waals surface area (Å²) in [6.07, 6.45) is 4.61. The van der Waals surface area contributed by atoms with Crippen molar-refractivity contribution in [2.45, 2.75) is 64.6 Å². The van der Waals surface area contributed by atoms with Crippen molar-refractivity contribution in [1.82, 2.24) is 15.5 Å². The summed E-state index contributed by atoms with van der Waals surface area (Å²) in [6.45, 7) is 10.0. The van der Waals surface area contributed by atoms with Crippen molar-refractivity contribution in [2.24, 2.45) is 16.3 Å². The number of hydrogen-bond donors (Lipinski definition) is 2. The van der Waals surface area contributed by atoms with Crippen molar-refractivity contribution in [3.63, 3.8) is 0 Å². The van der Waals surface area contributed by atoms with E-state index in [4.69, 9.17) is 9.47 Å². The maximum Gasteiger partial charge on any atom is 0.248 e. The van der Waals surface area contributed by atoms with Crippen LogP contribution in [0.1, 0.15) is 46.5 Å². The largest absolute Gasteiger partial charge is 0.377 e. The molecule has 154 valence electrons. The van der Waals surface area contributed by atoms with Crippen LogP contribution in [0, 0.1) is 11.3 Å². The number of methoxy groups -OCH3 is 1. The summed E-state index contributed by atoms with van der Waals surface area (Å²) in [5.41, 5.74) is 0.122. The second kappa shape index (κ2) is 8.78. The Morgan fingerprint density at radius 1 is 1.26 bits per heavy atom. The predicted molar refractivity (Wildman–Crippen MR) is 106 cm³/mol. The molecule has 2 aliphatic heterocycles. The zero-order valence-electron chi connectivity index (χ0n) is 17.3. The van der Waals surface area contributed by atoms with E-state index in [1.165, 1.54) is 6.42 Å². The Hall–Kier alpha value is -1.34. The molecular formula is C20H36N4O3. The number of piperidine rings is 1. The molecule has 3 atom stereocenters.